The van der Waals surface area contributed by atoms with E-state index in [4.69, 9.17) is 5.84 Å². The normalized spacial score (nSPS) is 9.73. The Hall–Kier alpha value is 0.190. The van der Waals surface area contributed by atoms with Crippen molar-refractivity contribution in [2.75, 3.05) is 5.43 Å². The third kappa shape index (κ3) is 2.31. The summed E-state index contributed by atoms with van der Waals surface area (Å²) in [6.07, 6.45) is 0. The lowest BCUT2D eigenvalue weighted by Crippen LogP contribution is -2.08. The molecule has 0 amide bonds. The summed E-state index contributed by atoms with van der Waals surface area (Å²) in [5.74, 6) is 5.28. The maximum absolute atomic E-state index is 5.28. The minimum absolute atomic E-state index is 0.883. The third-order valence-corrected chi connectivity index (χ3v) is 2.88. The van der Waals surface area contributed by atoms with Gasteiger partial charge in [0.25, 0.3) is 0 Å². The summed E-state index contributed by atoms with van der Waals surface area (Å²) in [7, 11) is 0. The van der Waals surface area contributed by atoms with E-state index in [0.29, 0.717) is 0 Å². The van der Waals surface area contributed by atoms with Crippen molar-refractivity contribution < 1.29 is 0 Å². The molecular weight excluding hydrogens is 319 g/mol. The van der Waals surface area contributed by atoms with Crippen molar-refractivity contribution in [3.8, 4) is 0 Å². The first-order valence-electron chi connectivity index (χ1n) is 3.09. The first-order chi connectivity index (χ1) is 5.27. The quantitative estimate of drug-likeness (QED) is 0.379. The van der Waals surface area contributed by atoms with Crippen molar-refractivity contribution in [2.45, 2.75) is 5.33 Å². The van der Waals surface area contributed by atoms with E-state index in [-0.39, 0.29) is 0 Å². The van der Waals surface area contributed by atoms with Crippen LogP contribution in [0.5, 0.6) is 0 Å². The SMILES string of the molecule is NNc1ccc(CBr)cc1I. The number of nitrogens with two attached hydrogens (primary N) is 1. The minimum atomic E-state index is 0.883. The molecule has 0 atom stereocenters. The first kappa shape index (κ1) is 9.28. The largest absolute Gasteiger partial charge is 0.323 e. The summed E-state index contributed by atoms with van der Waals surface area (Å²) in [6, 6.07) is 6.09. The van der Waals surface area contributed by atoms with E-state index >= 15 is 0 Å². The lowest BCUT2D eigenvalue weighted by Gasteiger charge is -2.03. The smallest absolute Gasteiger partial charge is 0.0618 e. The lowest BCUT2D eigenvalue weighted by atomic mass is 10.2. The van der Waals surface area contributed by atoms with Gasteiger partial charge in [-0.25, -0.2) is 0 Å². The zero-order valence-electron chi connectivity index (χ0n) is 5.77. The van der Waals surface area contributed by atoms with E-state index < -0.39 is 0 Å². The fraction of sp³-hybridized carbons (Fsp3) is 0.143. The van der Waals surface area contributed by atoms with Gasteiger partial charge in [0, 0.05) is 8.90 Å². The molecule has 1 aromatic rings. The Kier molecular flexibility index (Phi) is 3.61. The molecule has 0 saturated carbocycles. The second-order valence-electron chi connectivity index (χ2n) is 2.09. The van der Waals surface area contributed by atoms with Crippen molar-refractivity contribution in [2.24, 2.45) is 5.84 Å². The van der Waals surface area contributed by atoms with Gasteiger partial charge in [0.1, 0.15) is 0 Å². The van der Waals surface area contributed by atoms with E-state index in [9.17, 15) is 0 Å². The predicted molar refractivity (Wildman–Crippen MR) is 59.6 cm³/mol. The molecule has 0 radical (unpaired) electrons. The lowest BCUT2D eigenvalue weighted by molar-refractivity contribution is 1.32. The Bertz CT molecular complexity index is 252. The summed E-state index contributed by atoms with van der Waals surface area (Å²) >= 11 is 5.63. The topological polar surface area (TPSA) is 38.0 Å². The standard InChI is InChI=1S/C7H8BrIN2/c8-4-5-1-2-7(11-10)6(9)3-5/h1-3,11H,4,10H2. The monoisotopic (exact) mass is 326 g/mol. The van der Waals surface area contributed by atoms with Crippen molar-refractivity contribution in [3.05, 3.63) is 27.3 Å². The van der Waals surface area contributed by atoms with Crippen LogP contribution in [0.25, 0.3) is 0 Å². The number of hydrazine groups is 1. The zero-order chi connectivity index (χ0) is 8.27. The Morgan fingerprint density at radius 3 is 2.73 bits per heavy atom. The third-order valence-electron chi connectivity index (χ3n) is 1.34. The van der Waals surface area contributed by atoms with Gasteiger partial charge in [-0.05, 0) is 40.3 Å². The van der Waals surface area contributed by atoms with E-state index in [0.717, 1.165) is 14.6 Å². The Labute approximate surface area is 87.8 Å². The number of nitrogen functional groups attached to an aromatic ring is 1. The summed E-state index contributed by atoms with van der Waals surface area (Å²) in [4.78, 5) is 0. The molecule has 0 aromatic heterocycles. The Balaban J connectivity index is 2.99. The molecule has 1 aromatic carbocycles. The second-order valence-corrected chi connectivity index (χ2v) is 3.82. The molecule has 0 aliphatic heterocycles. The molecule has 3 N–H and O–H groups in total. The first-order valence-corrected chi connectivity index (χ1v) is 5.29. The van der Waals surface area contributed by atoms with Crippen LogP contribution in [0.15, 0.2) is 18.2 Å². The van der Waals surface area contributed by atoms with Crippen LogP contribution in [0, 0.1) is 3.57 Å². The van der Waals surface area contributed by atoms with Crippen molar-refractivity contribution in [3.63, 3.8) is 0 Å². The van der Waals surface area contributed by atoms with E-state index in [1.165, 1.54) is 5.56 Å². The van der Waals surface area contributed by atoms with E-state index in [2.05, 4.69) is 50.0 Å². The molecule has 11 heavy (non-hydrogen) atoms. The number of halogens is 2. The average molecular weight is 327 g/mol. The molecule has 1 rings (SSSR count). The zero-order valence-corrected chi connectivity index (χ0v) is 9.52. The van der Waals surface area contributed by atoms with Gasteiger partial charge in [0.2, 0.25) is 0 Å². The van der Waals surface area contributed by atoms with Crippen LogP contribution >= 0.6 is 38.5 Å². The van der Waals surface area contributed by atoms with Crippen LogP contribution in [0.4, 0.5) is 5.69 Å². The molecule has 0 saturated heterocycles. The van der Waals surface area contributed by atoms with Gasteiger partial charge >= 0.3 is 0 Å². The van der Waals surface area contributed by atoms with Crippen LogP contribution in [-0.4, -0.2) is 0 Å². The number of hydrogen-bond donors (Lipinski definition) is 2. The highest BCUT2D eigenvalue weighted by atomic mass is 127. The number of hydrogen-bond acceptors (Lipinski definition) is 2. The van der Waals surface area contributed by atoms with Crippen LogP contribution in [0.3, 0.4) is 0 Å². The molecule has 0 aliphatic rings. The summed E-state index contributed by atoms with van der Waals surface area (Å²) in [5.41, 5.74) is 4.85. The van der Waals surface area contributed by atoms with Crippen LogP contribution in [0.1, 0.15) is 5.56 Å². The van der Waals surface area contributed by atoms with Gasteiger partial charge in [0.15, 0.2) is 0 Å². The Morgan fingerprint density at radius 2 is 2.27 bits per heavy atom. The maximum Gasteiger partial charge on any atom is 0.0618 e. The molecule has 0 spiro atoms. The molecule has 0 unspecified atom stereocenters. The van der Waals surface area contributed by atoms with Gasteiger partial charge < -0.3 is 5.43 Å². The summed E-state index contributed by atoms with van der Waals surface area (Å²) < 4.78 is 1.14. The second kappa shape index (κ2) is 4.27. The molecule has 0 bridgehead atoms. The summed E-state index contributed by atoms with van der Waals surface area (Å²) in [5, 5.41) is 0.883. The molecule has 0 aliphatic carbocycles. The number of rotatable bonds is 2. The van der Waals surface area contributed by atoms with Crippen LogP contribution in [0.2, 0.25) is 0 Å². The van der Waals surface area contributed by atoms with Gasteiger partial charge in [-0.1, -0.05) is 22.0 Å². The fourth-order valence-electron chi connectivity index (χ4n) is 0.759. The molecule has 60 valence electrons. The van der Waals surface area contributed by atoms with Crippen molar-refractivity contribution in [1.82, 2.24) is 0 Å². The summed E-state index contributed by atoms with van der Waals surface area (Å²) in [6.45, 7) is 0. The van der Waals surface area contributed by atoms with Crippen molar-refractivity contribution in [1.29, 1.82) is 0 Å². The van der Waals surface area contributed by atoms with Gasteiger partial charge in [0.05, 0.1) is 5.69 Å². The average Bonchev–Trinajstić information content (AvgIpc) is 2.04. The molecule has 0 fully saturated rings. The highest BCUT2D eigenvalue weighted by Gasteiger charge is 1.97. The number of nitrogens with one attached hydrogen (secondary N) is 1. The van der Waals surface area contributed by atoms with Crippen LogP contribution in [-0.2, 0) is 5.33 Å². The molecular formula is C7H8BrIN2. The molecule has 4 heteroatoms. The Morgan fingerprint density at radius 1 is 1.55 bits per heavy atom. The van der Waals surface area contributed by atoms with E-state index in [1.807, 2.05) is 12.1 Å². The van der Waals surface area contributed by atoms with Crippen LogP contribution < -0.4 is 11.3 Å². The highest BCUT2D eigenvalue weighted by molar-refractivity contribution is 14.1. The molecule has 2 nitrogen and oxygen atoms in total. The van der Waals surface area contributed by atoms with Gasteiger partial charge in [-0.2, -0.15) is 0 Å². The predicted octanol–water partition coefficient (Wildman–Crippen LogP) is 2.47. The number of benzene rings is 1. The number of alkyl halides is 1. The van der Waals surface area contributed by atoms with Crippen molar-refractivity contribution >= 4 is 44.2 Å². The number of anilines is 1. The van der Waals surface area contributed by atoms with E-state index in [1.54, 1.807) is 0 Å². The molecule has 0 heterocycles. The minimum Gasteiger partial charge on any atom is -0.323 e. The van der Waals surface area contributed by atoms with Gasteiger partial charge in [-0.15, -0.1) is 0 Å². The highest BCUT2D eigenvalue weighted by Crippen LogP contribution is 2.19. The maximum atomic E-state index is 5.28. The fourth-order valence-corrected chi connectivity index (χ4v) is 1.84. The van der Waals surface area contributed by atoms with Gasteiger partial charge in [-0.3, -0.25) is 5.84 Å².